The Hall–Kier alpha value is -1.36. The zero-order chi connectivity index (χ0) is 14.1. The van der Waals surface area contributed by atoms with Crippen molar-refractivity contribution in [2.45, 2.75) is 11.8 Å². The molecule has 0 amide bonds. The van der Waals surface area contributed by atoms with Crippen LogP contribution >= 0.6 is 0 Å². The first kappa shape index (κ1) is 14.7. The number of nitrogens with two attached hydrogens (primary N) is 2. The van der Waals surface area contributed by atoms with Crippen molar-refractivity contribution in [1.29, 1.82) is 0 Å². The highest BCUT2D eigenvalue weighted by molar-refractivity contribution is 7.90. The Kier molecular flexibility index (Phi) is 3.86. The van der Waals surface area contributed by atoms with E-state index in [1.807, 2.05) is 4.72 Å². The lowest BCUT2D eigenvalue weighted by atomic mass is 10.2. The van der Waals surface area contributed by atoms with Gasteiger partial charge in [-0.15, -0.1) is 0 Å². The van der Waals surface area contributed by atoms with Gasteiger partial charge in [-0.25, -0.2) is 18.7 Å². The minimum Gasteiger partial charge on any atom is -0.493 e. The summed E-state index contributed by atoms with van der Waals surface area (Å²) < 4.78 is 51.5. The molecule has 102 valence electrons. The van der Waals surface area contributed by atoms with E-state index < -0.39 is 20.2 Å². The maximum absolute atomic E-state index is 11.4. The first-order valence-corrected chi connectivity index (χ1v) is 7.66. The number of hydrogen-bond donors (Lipinski definition) is 3. The van der Waals surface area contributed by atoms with Crippen molar-refractivity contribution in [2.75, 3.05) is 11.8 Å². The second kappa shape index (κ2) is 4.72. The largest absolute Gasteiger partial charge is 0.493 e. The fourth-order valence-electron chi connectivity index (χ4n) is 1.39. The van der Waals surface area contributed by atoms with Crippen molar-refractivity contribution >= 4 is 25.9 Å². The summed E-state index contributed by atoms with van der Waals surface area (Å²) in [6.45, 7) is 1.57. The molecular formula is C8H13N3O5S2. The highest BCUT2D eigenvalue weighted by atomic mass is 32.2. The molecule has 0 bridgehead atoms. The molecule has 0 aliphatic heterocycles. The van der Waals surface area contributed by atoms with Crippen LogP contribution in [0.5, 0.6) is 5.75 Å². The molecule has 8 nitrogen and oxygen atoms in total. The van der Waals surface area contributed by atoms with E-state index in [-0.39, 0.29) is 16.3 Å². The number of nitrogens with one attached hydrogen (secondary N) is 1. The molecule has 0 spiro atoms. The summed E-state index contributed by atoms with van der Waals surface area (Å²) in [6, 6.07) is 2.64. The van der Waals surface area contributed by atoms with Gasteiger partial charge in [0.1, 0.15) is 4.90 Å². The van der Waals surface area contributed by atoms with Crippen molar-refractivity contribution in [3.63, 3.8) is 0 Å². The van der Waals surface area contributed by atoms with Crippen LogP contribution in [0.4, 0.5) is 5.69 Å². The monoisotopic (exact) mass is 295 g/mol. The predicted molar refractivity (Wildman–Crippen MR) is 65.8 cm³/mol. The Morgan fingerprint density at radius 1 is 1.17 bits per heavy atom. The van der Waals surface area contributed by atoms with E-state index in [9.17, 15) is 16.8 Å². The topological polar surface area (TPSA) is 142 Å². The first-order valence-electron chi connectivity index (χ1n) is 4.56. The van der Waals surface area contributed by atoms with Crippen LogP contribution in [0.25, 0.3) is 0 Å². The Morgan fingerprint density at radius 2 is 1.72 bits per heavy atom. The molecule has 1 aromatic rings. The van der Waals surface area contributed by atoms with Crippen LogP contribution in [0.3, 0.4) is 0 Å². The molecule has 0 aliphatic carbocycles. The van der Waals surface area contributed by atoms with Gasteiger partial charge in [0.25, 0.3) is 10.2 Å². The van der Waals surface area contributed by atoms with Crippen LogP contribution in [0.2, 0.25) is 0 Å². The number of methoxy groups -OCH3 is 1. The molecule has 10 heteroatoms. The lowest BCUT2D eigenvalue weighted by Crippen LogP contribution is -2.23. The summed E-state index contributed by atoms with van der Waals surface area (Å²) in [5, 5.41) is 9.84. The summed E-state index contributed by atoms with van der Waals surface area (Å²) in [6.07, 6.45) is 0. The van der Waals surface area contributed by atoms with Gasteiger partial charge in [0, 0.05) is 0 Å². The zero-order valence-corrected chi connectivity index (χ0v) is 11.3. The maximum atomic E-state index is 11.4. The van der Waals surface area contributed by atoms with Crippen LogP contribution < -0.4 is 19.7 Å². The lowest BCUT2D eigenvalue weighted by Gasteiger charge is -2.14. The van der Waals surface area contributed by atoms with Gasteiger partial charge >= 0.3 is 0 Å². The van der Waals surface area contributed by atoms with Gasteiger partial charge in [-0.05, 0) is 24.6 Å². The molecule has 0 saturated heterocycles. The van der Waals surface area contributed by atoms with Crippen molar-refractivity contribution in [2.24, 2.45) is 10.3 Å². The molecule has 0 aromatic heterocycles. The summed E-state index contributed by atoms with van der Waals surface area (Å²) in [7, 11) is -6.91. The summed E-state index contributed by atoms with van der Waals surface area (Å²) >= 11 is 0. The number of rotatable bonds is 4. The second-order valence-corrected chi connectivity index (χ2v) is 6.36. The standard InChI is InChI=1S/C8H13N3O5S2/c1-5-3-6(11-18(10,14)15)8(16-2)7(4-5)17(9,12)13/h3-4,11H,1-2H3,(H2,9,12,13)(H2,10,14,15). The molecule has 0 heterocycles. The molecule has 0 fully saturated rings. The fraction of sp³-hybridized carbons (Fsp3) is 0.250. The SMILES string of the molecule is COc1c(NS(N)(=O)=O)cc(C)cc1S(N)(=O)=O. The van der Waals surface area contributed by atoms with Gasteiger partial charge in [0.05, 0.1) is 12.8 Å². The quantitative estimate of drug-likeness (QED) is 0.671. The van der Waals surface area contributed by atoms with Crippen molar-refractivity contribution in [3.8, 4) is 5.75 Å². The van der Waals surface area contributed by atoms with Crippen molar-refractivity contribution in [3.05, 3.63) is 17.7 Å². The summed E-state index contributed by atoms with van der Waals surface area (Å²) in [5.41, 5.74) is 0.384. The van der Waals surface area contributed by atoms with Crippen LogP contribution in [-0.4, -0.2) is 23.9 Å². The number of primary sulfonamides is 1. The predicted octanol–water partition coefficient (Wildman–Crippen LogP) is -0.734. The van der Waals surface area contributed by atoms with E-state index in [0.29, 0.717) is 5.56 Å². The number of hydrogen-bond acceptors (Lipinski definition) is 5. The van der Waals surface area contributed by atoms with Crippen molar-refractivity contribution < 1.29 is 21.6 Å². The number of anilines is 1. The van der Waals surface area contributed by atoms with E-state index in [1.54, 1.807) is 6.92 Å². The molecule has 18 heavy (non-hydrogen) atoms. The number of ether oxygens (including phenoxy) is 1. The molecule has 0 unspecified atom stereocenters. The fourth-order valence-corrected chi connectivity index (χ4v) is 2.65. The van der Waals surface area contributed by atoms with Gasteiger partial charge in [-0.2, -0.15) is 8.42 Å². The first-order chi connectivity index (χ1) is 8.04. The van der Waals surface area contributed by atoms with Gasteiger partial charge in [-0.3, -0.25) is 4.72 Å². The molecule has 0 aliphatic rings. The zero-order valence-electron chi connectivity index (χ0n) is 9.67. The number of benzene rings is 1. The highest BCUT2D eigenvalue weighted by Crippen LogP contribution is 2.33. The Balaban J connectivity index is 3.58. The molecule has 5 N–H and O–H groups in total. The Bertz CT molecular complexity index is 666. The van der Waals surface area contributed by atoms with E-state index in [1.165, 1.54) is 19.2 Å². The lowest BCUT2D eigenvalue weighted by molar-refractivity contribution is 0.405. The van der Waals surface area contributed by atoms with E-state index in [2.05, 4.69) is 0 Å². The molecule has 0 saturated carbocycles. The summed E-state index contributed by atoms with van der Waals surface area (Å²) in [5.74, 6) is -0.211. The number of sulfonamides is 1. The molecule has 1 aromatic carbocycles. The molecular weight excluding hydrogens is 282 g/mol. The Labute approximate surface area is 105 Å². The van der Waals surface area contributed by atoms with Gasteiger partial charge in [0.2, 0.25) is 10.0 Å². The normalized spacial score (nSPS) is 12.2. The molecule has 0 atom stereocenters. The third kappa shape index (κ3) is 3.57. The van der Waals surface area contributed by atoms with Gasteiger partial charge in [-0.1, -0.05) is 0 Å². The smallest absolute Gasteiger partial charge is 0.296 e. The minimum absolute atomic E-state index is 0.0935. The highest BCUT2D eigenvalue weighted by Gasteiger charge is 2.20. The van der Waals surface area contributed by atoms with Crippen molar-refractivity contribution in [1.82, 2.24) is 0 Å². The second-order valence-electron chi connectivity index (χ2n) is 3.54. The average Bonchev–Trinajstić information content (AvgIpc) is 2.12. The van der Waals surface area contributed by atoms with E-state index >= 15 is 0 Å². The number of aryl methyl sites for hydroxylation is 1. The maximum Gasteiger partial charge on any atom is 0.296 e. The van der Waals surface area contributed by atoms with Crippen LogP contribution in [-0.2, 0) is 20.2 Å². The van der Waals surface area contributed by atoms with E-state index in [4.69, 9.17) is 15.0 Å². The van der Waals surface area contributed by atoms with Gasteiger partial charge in [0.15, 0.2) is 5.75 Å². The van der Waals surface area contributed by atoms with Crippen LogP contribution in [0, 0.1) is 6.92 Å². The average molecular weight is 295 g/mol. The van der Waals surface area contributed by atoms with Gasteiger partial charge < -0.3 is 4.74 Å². The Morgan fingerprint density at radius 3 is 2.11 bits per heavy atom. The third-order valence-corrected chi connectivity index (χ3v) is 3.38. The molecule has 1 rings (SSSR count). The van der Waals surface area contributed by atoms with Crippen LogP contribution in [0.1, 0.15) is 5.56 Å². The molecule has 0 radical (unpaired) electrons. The summed E-state index contributed by atoms with van der Waals surface area (Å²) in [4.78, 5) is -0.323. The van der Waals surface area contributed by atoms with Crippen LogP contribution in [0.15, 0.2) is 17.0 Å². The minimum atomic E-state index is -4.05. The van der Waals surface area contributed by atoms with E-state index in [0.717, 1.165) is 0 Å². The third-order valence-electron chi connectivity index (χ3n) is 1.96.